The predicted molar refractivity (Wildman–Crippen MR) is 51.8 cm³/mol. The number of nitrogens with zero attached hydrogens (tertiary/aromatic N) is 1. The second-order valence-electron chi connectivity index (χ2n) is 2.80. The van der Waals surface area contributed by atoms with Gasteiger partial charge in [0.15, 0.2) is 0 Å². The number of rotatable bonds is 4. The van der Waals surface area contributed by atoms with Gasteiger partial charge in [0.25, 0.3) is 0 Å². The molecule has 13 heavy (non-hydrogen) atoms. The van der Waals surface area contributed by atoms with Crippen LogP contribution in [-0.4, -0.2) is 42.0 Å². The fourth-order valence-electron chi connectivity index (χ4n) is 1.19. The third-order valence-corrected chi connectivity index (χ3v) is 2.85. The molecule has 0 unspecified atom stereocenters. The van der Waals surface area contributed by atoms with E-state index < -0.39 is 0 Å². The molecule has 0 aromatic rings. The Labute approximate surface area is 81.9 Å². The molecule has 0 aliphatic carbocycles. The van der Waals surface area contributed by atoms with Crippen molar-refractivity contribution in [3.63, 3.8) is 0 Å². The first-order valence-electron chi connectivity index (χ1n) is 4.28. The van der Waals surface area contributed by atoms with E-state index in [1.54, 1.807) is 0 Å². The first-order valence-corrected chi connectivity index (χ1v) is 5.44. The average Bonchev–Trinajstić information content (AvgIpc) is 2.17. The summed E-state index contributed by atoms with van der Waals surface area (Å²) in [4.78, 5) is 17.5. The average molecular weight is 205 g/mol. The molecule has 0 aromatic heterocycles. The zero-order valence-electron chi connectivity index (χ0n) is 7.49. The molecule has 6 heteroatoms. The molecule has 1 saturated heterocycles. The maximum atomic E-state index is 10.9. The number of nitrogens with two attached hydrogens (primary N) is 1. The number of carbonyl (C=O) groups is 1. The van der Waals surface area contributed by atoms with Crippen molar-refractivity contribution in [1.82, 2.24) is 10.5 Å². The summed E-state index contributed by atoms with van der Waals surface area (Å²) in [5.74, 6) is 6.84. The molecule has 0 amide bonds. The zero-order valence-corrected chi connectivity index (χ0v) is 8.31. The fourth-order valence-corrected chi connectivity index (χ4v) is 2.17. The molecule has 0 saturated carbocycles. The van der Waals surface area contributed by atoms with Crippen LogP contribution >= 0.6 is 11.8 Å². The molecule has 1 fully saturated rings. The van der Waals surface area contributed by atoms with E-state index >= 15 is 0 Å². The molecule has 0 atom stereocenters. The van der Waals surface area contributed by atoms with Crippen LogP contribution in [0.4, 0.5) is 0 Å². The van der Waals surface area contributed by atoms with E-state index in [4.69, 9.17) is 5.84 Å². The molecular formula is C7H15N3O2S. The highest BCUT2D eigenvalue weighted by molar-refractivity contribution is 7.99. The third-order valence-electron chi connectivity index (χ3n) is 1.91. The Hall–Kier alpha value is -0.300. The first-order chi connectivity index (χ1) is 6.33. The molecule has 0 aromatic carbocycles. The summed E-state index contributed by atoms with van der Waals surface area (Å²) in [7, 11) is 0. The van der Waals surface area contributed by atoms with Crippen LogP contribution in [0, 0.1) is 0 Å². The highest BCUT2D eigenvalue weighted by atomic mass is 32.2. The standard InChI is InChI=1S/C7H15N3O2S/c8-9-12-7(11)1-2-10-3-5-13-6-4-10/h9H,1-6,8H2. The van der Waals surface area contributed by atoms with Gasteiger partial charge in [-0.1, -0.05) is 5.59 Å². The molecule has 1 aliphatic heterocycles. The van der Waals surface area contributed by atoms with E-state index in [0.29, 0.717) is 6.42 Å². The second kappa shape index (κ2) is 6.20. The van der Waals surface area contributed by atoms with Crippen LogP contribution in [0.1, 0.15) is 6.42 Å². The lowest BCUT2D eigenvalue weighted by Crippen LogP contribution is -2.35. The molecule has 0 spiro atoms. The lowest BCUT2D eigenvalue weighted by molar-refractivity contribution is -0.151. The predicted octanol–water partition coefficient (Wildman–Crippen LogP) is -0.653. The van der Waals surface area contributed by atoms with Crippen molar-refractivity contribution in [2.24, 2.45) is 5.84 Å². The van der Waals surface area contributed by atoms with Crippen LogP contribution in [0.2, 0.25) is 0 Å². The Balaban J connectivity index is 2.06. The van der Waals surface area contributed by atoms with Crippen LogP contribution in [0.15, 0.2) is 0 Å². The maximum absolute atomic E-state index is 10.9. The van der Waals surface area contributed by atoms with Crippen LogP contribution in [-0.2, 0) is 9.63 Å². The van der Waals surface area contributed by atoms with Gasteiger partial charge in [0.05, 0.1) is 6.42 Å². The fraction of sp³-hybridized carbons (Fsp3) is 0.857. The Bertz CT molecular complexity index is 162. The number of thioether (sulfide) groups is 1. The van der Waals surface area contributed by atoms with Crippen LogP contribution < -0.4 is 11.4 Å². The Morgan fingerprint density at radius 1 is 1.54 bits per heavy atom. The van der Waals surface area contributed by atoms with Gasteiger partial charge in [0, 0.05) is 31.1 Å². The van der Waals surface area contributed by atoms with Gasteiger partial charge in [0.1, 0.15) is 0 Å². The molecule has 1 rings (SSSR count). The summed E-state index contributed by atoms with van der Waals surface area (Å²) < 4.78 is 0. The number of nitrogens with one attached hydrogen (secondary N) is 1. The smallest absolute Gasteiger partial charge is 0.327 e. The molecule has 1 heterocycles. The normalized spacial score (nSPS) is 18.5. The first kappa shape index (κ1) is 10.8. The quantitative estimate of drug-likeness (QED) is 0.469. The van der Waals surface area contributed by atoms with Crippen LogP contribution in [0.25, 0.3) is 0 Å². The van der Waals surface area contributed by atoms with Crippen LogP contribution in [0.5, 0.6) is 0 Å². The van der Waals surface area contributed by atoms with E-state index in [-0.39, 0.29) is 5.97 Å². The Morgan fingerprint density at radius 2 is 2.23 bits per heavy atom. The van der Waals surface area contributed by atoms with Crippen molar-refractivity contribution in [2.45, 2.75) is 6.42 Å². The van der Waals surface area contributed by atoms with Crippen molar-refractivity contribution in [3.05, 3.63) is 0 Å². The van der Waals surface area contributed by atoms with Crippen molar-refractivity contribution < 1.29 is 9.63 Å². The van der Waals surface area contributed by atoms with E-state index in [2.05, 4.69) is 9.74 Å². The lowest BCUT2D eigenvalue weighted by Gasteiger charge is -2.25. The Morgan fingerprint density at radius 3 is 2.85 bits per heavy atom. The summed E-state index contributed by atoms with van der Waals surface area (Å²) in [5, 5.41) is 0. The molecule has 0 radical (unpaired) electrons. The minimum atomic E-state index is -0.305. The summed E-state index contributed by atoms with van der Waals surface area (Å²) >= 11 is 1.95. The zero-order chi connectivity index (χ0) is 9.52. The van der Waals surface area contributed by atoms with E-state index in [1.807, 2.05) is 17.4 Å². The molecule has 1 aliphatic rings. The maximum Gasteiger partial charge on any atom is 0.327 e. The summed E-state index contributed by atoms with van der Waals surface area (Å²) in [5.41, 5.74) is 1.88. The van der Waals surface area contributed by atoms with Gasteiger partial charge in [-0.2, -0.15) is 11.8 Å². The minimum Gasteiger partial charge on any atom is -0.356 e. The minimum absolute atomic E-state index is 0.305. The second-order valence-corrected chi connectivity index (χ2v) is 4.02. The van der Waals surface area contributed by atoms with Crippen molar-refractivity contribution in [3.8, 4) is 0 Å². The topological polar surface area (TPSA) is 67.6 Å². The highest BCUT2D eigenvalue weighted by Gasteiger charge is 2.12. The van der Waals surface area contributed by atoms with Crippen molar-refractivity contribution in [1.29, 1.82) is 0 Å². The molecule has 0 bridgehead atoms. The SMILES string of the molecule is NNOC(=O)CCN1CCSCC1. The van der Waals surface area contributed by atoms with Crippen LogP contribution in [0.3, 0.4) is 0 Å². The van der Waals surface area contributed by atoms with Gasteiger partial charge in [-0.25, -0.2) is 5.84 Å². The molecule has 3 N–H and O–H groups in total. The van der Waals surface area contributed by atoms with E-state index in [1.165, 1.54) is 0 Å². The van der Waals surface area contributed by atoms with Crippen molar-refractivity contribution in [2.75, 3.05) is 31.1 Å². The largest absolute Gasteiger partial charge is 0.356 e. The monoisotopic (exact) mass is 205 g/mol. The molecule has 5 nitrogen and oxygen atoms in total. The number of hydrogen-bond donors (Lipinski definition) is 2. The van der Waals surface area contributed by atoms with E-state index in [9.17, 15) is 4.79 Å². The molecule has 76 valence electrons. The van der Waals surface area contributed by atoms with E-state index in [0.717, 1.165) is 31.1 Å². The van der Waals surface area contributed by atoms with Gasteiger partial charge in [-0.15, -0.1) is 0 Å². The van der Waals surface area contributed by atoms with Gasteiger partial charge in [-0.3, -0.25) is 4.79 Å². The summed E-state index contributed by atoms with van der Waals surface area (Å²) in [6.07, 6.45) is 0.398. The van der Waals surface area contributed by atoms with Gasteiger partial charge in [-0.05, 0) is 0 Å². The number of hydrazine groups is 1. The third kappa shape index (κ3) is 4.47. The Kier molecular flexibility index (Phi) is 5.14. The summed E-state index contributed by atoms with van der Waals surface area (Å²) in [6, 6.07) is 0. The van der Waals surface area contributed by atoms with Gasteiger partial charge in [0.2, 0.25) is 0 Å². The highest BCUT2D eigenvalue weighted by Crippen LogP contribution is 2.08. The van der Waals surface area contributed by atoms with Crippen molar-refractivity contribution >= 4 is 17.7 Å². The van der Waals surface area contributed by atoms with Gasteiger partial charge >= 0.3 is 5.97 Å². The molecular weight excluding hydrogens is 190 g/mol. The number of hydrogen-bond acceptors (Lipinski definition) is 6. The summed E-state index contributed by atoms with van der Waals surface area (Å²) in [6.45, 7) is 2.89. The lowest BCUT2D eigenvalue weighted by atomic mass is 10.4. The number of carbonyl (C=O) groups excluding carboxylic acids is 1. The van der Waals surface area contributed by atoms with Gasteiger partial charge < -0.3 is 9.74 Å².